The maximum absolute atomic E-state index is 12.8. The lowest BCUT2D eigenvalue weighted by molar-refractivity contribution is 0.198. The van der Waals surface area contributed by atoms with Gasteiger partial charge in [-0.05, 0) is 56.4 Å². The van der Waals surface area contributed by atoms with Crippen LogP contribution in [-0.4, -0.2) is 37.0 Å². The van der Waals surface area contributed by atoms with E-state index in [0.717, 1.165) is 30.4 Å². The van der Waals surface area contributed by atoms with E-state index >= 15 is 0 Å². The molecule has 4 nitrogen and oxygen atoms in total. The molecule has 2 rings (SSSR count). The number of nitrogens with zero attached hydrogens (tertiary/aromatic N) is 1. The lowest BCUT2D eigenvalue weighted by atomic mass is 9.93. The van der Waals surface area contributed by atoms with Gasteiger partial charge < -0.3 is 5.11 Å². The van der Waals surface area contributed by atoms with Gasteiger partial charge in [0, 0.05) is 19.2 Å². The summed E-state index contributed by atoms with van der Waals surface area (Å²) >= 11 is 0. The van der Waals surface area contributed by atoms with Gasteiger partial charge in [0.15, 0.2) is 0 Å². The zero-order valence-corrected chi connectivity index (χ0v) is 13.0. The highest BCUT2D eigenvalue weighted by Crippen LogP contribution is 2.30. The second kappa shape index (κ2) is 6.24. The number of hydrogen-bond acceptors (Lipinski definition) is 3. The highest BCUT2D eigenvalue weighted by molar-refractivity contribution is 7.89. The minimum Gasteiger partial charge on any atom is -0.396 e. The van der Waals surface area contributed by atoms with Gasteiger partial charge in [0.25, 0.3) is 0 Å². The van der Waals surface area contributed by atoms with E-state index in [1.54, 1.807) is 16.4 Å². The molecule has 1 fully saturated rings. The summed E-state index contributed by atoms with van der Waals surface area (Å²) in [5, 5.41) is 8.99. The molecule has 1 aromatic carbocycles. The van der Waals surface area contributed by atoms with Crippen molar-refractivity contribution in [2.24, 2.45) is 0 Å². The molecule has 1 N–H and O–H groups in total. The van der Waals surface area contributed by atoms with Crippen LogP contribution in [0.2, 0.25) is 0 Å². The third kappa shape index (κ3) is 3.22. The summed E-state index contributed by atoms with van der Waals surface area (Å²) in [7, 11) is -3.46. The van der Waals surface area contributed by atoms with E-state index in [-0.39, 0.29) is 12.6 Å². The van der Waals surface area contributed by atoms with Crippen molar-refractivity contribution in [3.8, 4) is 0 Å². The molecule has 1 aliphatic carbocycles. The molecule has 0 amide bonds. The molecule has 0 spiro atoms. The standard InChI is InChI=1S/C15H23NO3S/c1-12-9-13(2)11-15(10-12)20(18,19)16(7-4-8-17)14-5-3-6-14/h9-11,14,17H,3-8H2,1-2H3. The Balaban J connectivity index is 2.33. The minimum atomic E-state index is -3.46. The first kappa shape index (κ1) is 15.5. The third-order valence-electron chi connectivity index (χ3n) is 3.82. The second-order valence-corrected chi connectivity index (χ2v) is 7.49. The average Bonchev–Trinajstić information content (AvgIpc) is 2.30. The third-order valence-corrected chi connectivity index (χ3v) is 5.75. The Labute approximate surface area is 121 Å². The zero-order chi connectivity index (χ0) is 14.8. The first-order valence-corrected chi connectivity index (χ1v) is 8.60. The van der Waals surface area contributed by atoms with Gasteiger partial charge in [-0.15, -0.1) is 0 Å². The van der Waals surface area contributed by atoms with Gasteiger partial charge in [-0.2, -0.15) is 4.31 Å². The molecule has 1 saturated carbocycles. The van der Waals surface area contributed by atoms with E-state index in [9.17, 15) is 8.42 Å². The van der Waals surface area contributed by atoms with Gasteiger partial charge in [-0.25, -0.2) is 8.42 Å². The van der Waals surface area contributed by atoms with Crippen molar-refractivity contribution in [1.29, 1.82) is 0 Å². The summed E-state index contributed by atoms with van der Waals surface area (Å²) in [5.74, 6) is 0. The van der Waals surface area contributed by atoms with Crippen LogP contribution in [0.1, 0.15) is 36.8 Å². The molecule has 1 aromatic rings. The van der Waals surface area contributed by atoms with Crippen LogP contribution in [0.5, 0.6) is 0 Å². The number of hydrogen-bond donors (Lipinski definition) is 1. The van der Waals surface area contributed by atoms with E-state index in [4.69, 9.17) is 5.11 Å². The van der Waals surface area contributed by atoms with E-state index < -0.39 is 10.0 Å². The number of benzene rings is 1. The quantitative estimate of drug-likeness (QED) is 0.876. The van der Waals surface area contributed by atoms with Crippen molar-refractivity contribution in [3.63, 3.8) is 0 Å². The Morgan fingerprint density at radius 1 is 1.20 bits per heavy atom. The largest absolute Gasteiger partial charge is 0.396 e. The topological polar surface area (TPSA) is 57.6 Å². The number of aliphatic hydroxyl groups is 1. The molecule has 0 saturated heterocycles. The van der Waals surface area contributed by atoms with E-state index in [1.807, 2.05) is 19.9 Å². The number of aliphatic hydroxyl groups excluding tert-OH is 1. The summed E-state index contributed by atoms with van der Waals surface area (Å²) in [6.07, 6.45) is 3.42. The molecule has 20 heavy (non-hydrogen) atoms. The first-order chi connectivity index (χ1) is 9.45. The van der Waals surface area contributed by atoms with Crippen molar-refractivity contribution in [3.05, 3.63) is 29.3 Å². The smallest absolute Gasteiger partial charge is 0.243 e. The summed E-state index contributed by atoms with van der Waals surface area (Å²) in [6.45, 7) is 4.24. The van der Waals surface area contributed by atoms with Crippen molar-refractivity contribution >= 4 is 10.0 Å². The molecule has 0 unspecified atom stereocenters. The second-order valence-electron chi connectivity index (χ2n) is 5.60. The molecule has 0 aromatic heterocycles. The van der Waals surface area contributed by atoms with Gasteiger partial charge in [0.1, 0.15) is 0 Å². The minimum absolute atomic E-state index is 0.0194. The summed E-state index contributed by atoms with van der Waals surface area (Å²) in [6, 6.07) is 5.53. The fourth-order valence-corrected chi connectivity index (χ4v) is 4.53. The van der Waals surface area contributed by atoms with E-state index in [0.29, 0.717) is 17.9 Å². The van der Waals surface area contributed by atoms with Crippen molar-refractivity contribution < 1.29 is 13.5 Å². The molecule has 0 heterocycles. The number of aryl methyl sites for hydroxylation is 2. The van der Waals surface area contributed by atoms with Gasteiger partial charge in [-0.3, -0.25) is 0 Å². The van der Waals surface area contributed by atoms with Crippen LogP contribution in [0, 0.1) is 13.8 Å². The average molecular weight is 297 g/mol. The van der Waals surface area contributed by atoms with Gasteiger partial charge >= 0.3 is 0 Å². The normalized spacial score (nSPS) is 16.4. The lowest BCUT2D eigenvalue weighted by Gasteiger charge is -2.36. The maximum atomic E-state index is 12.8. The Hall–Kier alpha value is -0.910. The molecule has 0 radical (unpaired) electrons. The molecular weight excluding hydrogens is 274 g/mol. The van der Waals surface area contributed by atoms with Gasteiger partial charge in [0.2, 0.25) is 10.0 Å². The Bertz CT molecular complexity index is 544. The Kier molecular flexibility index (Phi) is 4.83. The number of rotatable bonds is 6. The predicted molar refractivity (Wildman–Crippen MR) is 79.1 cm³/mol. The van der Waals surface area contributed by atoms with Crippen LogP contribution in [-0.2, 0) is 10.0 Å². The maximum Gasteiger partial charge on any atom is 0.243 e. The molecule has 0 atom stereocenters. The zero-order valence-electron chi connectivity index (χ0n) is 12.2. The van der Waals surface area contributed by atoms with Crippen molar-refractivity contribution in [2.45, 2.75) is 50.5 Å². The molecule has 0 bridgehead atoms. The van der Waals surface area contributed by atoms with Crippen LogP contribution in [0.15, 0.2) is 23.1 Å². The van der Waals surface area contributed by atoms with Gasteiger partial charge in [-0.1, -0.05) is 12.5 Å². The molecule has 1 aliphatic rings. The lowest BCUT2D eigenvalue weighted by Crippen LogP contribution is -2.44. The Morgan fingerprint density at radius 3 is 2.25 bits per heavy atom. The van der Waals surface area contributed by atoms with Crippen LogP contribution in [0.3, 0.4) is 0 Å². The molecular formula is C15H23NO3S. The highest BCUT2D eigenvalue weighted by atomic mass is 32.2. The SMILES string of the molecule is Cc1cc(C)cc(S(=O)(=O)N(CCCO)C2CCC2)c1. The van der Waals surface area contributed by atoms with E-state index in [1.165, 1.54) is 0 Å². The fourth-order valence-electron chi connectivity index (χ4n) is 2.62. The molecule has 5 heteroatoms. The summed E-state index contributed by atoms with van der Waals surface area (Å²) in [5.41, 5.74) is 1.92. The van der Waals surface area contributed by atoms with Crippen LogP contribution >= 0.6 is 0 Å². The number of sulfonamides is 1. The molecule has 0 aliphatic heterocycles. The molecule has 112 valence electrons. The highest BCUT2D eigenvalue weighted by Gasteiger charge is 2.34. The van der Waals surface area contributed by atoms with Crippen molar-refractivity contribution in [2.75, 3.05) is 13.2 Å². The predicted octanol–water partition coefficient (Wildman–Crippen LogP) is 2.23. The fraction of sp³-hybridized carbons (Fsp3) is 0.600. The Morgan fingerprint density at radius 2 is 1.80 bits per heavy atom. The van der Waals surface area contributed by atoms with E-state index in [2.05, 4.69) is 0 Å². The summed E-state index contributed by atoms with van der Waals surface area (Å²) in [4.78, 5) is 0.375. The van der Waals surface area contributed by atoms with Crippen LogP contribution in [0.25, 0.3) is 0 Å². The monoisotopic (exact) mass is 297 g/mol. The van der Waals surface area contributed by atoms with Crippen LogP contribution in [0.4, 0.5) is 0 Å². The van der Waals surface area contributed by atoms with Gasteiger partial charge in [0.05, 0.1) is 4.90 Å². The van der Waals surface area contributed by atoms with Crippen molar-refractivity contribution in [1.82, 2.24) is 4.31 Å². The van der Waals surface area contributed by atoms with Crippen LogP contribution < -0.4 is 0 Å². The summed E-state index contributed by atoms with van der Waals surface area (Å²) < 4.78 is 27.2. The first-order valence-electron chi connectivity index (χ1n) is 7.16.